The molecular formula is C95H115N15O20. The van der Waals surface area contributed by atoms with E-state index < -0.39 is 168 Å². The van der Waals surface area contributed by atoms with Gasteiger partial charge in [0, 0.05) is 125 Å². The molecule has 35 heteroatoms. The number of aliphatic hydroxyl groups excluding tert-OH is 2. The molecule has 0 saturated carbocycles. The van der Waals surface area contributed by atoms with Crippen molar-refractivity contribution < 1.29 is 97.1 Å². The first kappa shape index (κ1) is 95.7. The van der Waals surface area contributed by atoms with E-state index in [1.54, 1.807) is 84.3 Å². The molecule has 13 amide bonds. The van der Waals surface area contributed by atoms with Gasteiger partial charge in [-0.2, -0.15) is 0 Å². The van der Waals surface area contributed by atoms with E-state index in [2.05, 4.69) is 57.7 Å². The van der Waals surface area contributed by atoms with Crippen LogP contribution < -0.4 is 57.7 Å². The molecule has 4 bridgehead atoms. The van der Waals surface area contributed by atoms with Crippen LogP contribution in [0.25, 0.3) is 33.4 Å². The molecule has 130 heavy (non-hydrogen) atoms. The van der Waals surface area contributed by atoms with Crippen LogP contribution in [0, 0.1) is 17.8 Å². The molecule has 12 rings (SSSR count). The van der Waals surface area contributed by atoms with Gasteiger partial charge in [-0.15, -0.1) is 0 Å². The molecule has 0 aliphatic carbocycles. The third kappa shape index (κ3) is 23.2. The van der Waals surface area contributed by atoms with Gasteiger partial charge in [-0.25, -0.2) is 0 Å². The van der Waals surface area contributed by atoms with Crippen LogP contribution in [0.1, 0.15) is 166 Å². The van der Waals surface area contributed by atoms with Gasteiger partial charge in [0.1, 0.15) is 54.4 Å². The number of nitrogens with one attached hydrogen (secondary N) is 9. The Balaban J connectivity index is 0.711. The summed E-state index contributed by atoms with van der Waals surface area (Å²) in [5.74, 6) is -14.1. The number of aliphatic hydroxyl groups is 2. The van der Waals surface area contributed by atoms with Crippen LogP contribution >= 0.6 is 0 Å². The molecule has 0 unspecified atom stereocenters. The summed E-state index contributed by atoms with van der Waals surface area (Å²) < 4.78 is 0. The van der Waals surface area contributed by atoms with Crippen LogP contribution in [0.15, 0.2) is 133 Å². The molecule has 35 nitrogen and oxygen atoms in total. The Morgan fingerprint density at radius 3 is 1.18 bits per heavy atom. The summed E-state index contributed by atoms with van der Waals surface area (Å²) in [6.45, 7) is 15.8. The minimum atomic E-state index is -1.78. The fraction of sp³-hybridized carbons (Fsp3) is 0.453. The highest BCUT2D eigenvalue weighted by Gasteiger charge is 2.43. The van der Waals surface area contributed by atoms with Crippen LogP contribution in [0.3, 0.4) is 0 Å². The number of carboxylic acids is 2. The Morgan fingerprint density at radius 2 is 0.777 bits per heavy atom. The van der Waals surface area contributed by atoms with Crippen molar-refractivity contribution in [2.24, 2.45) is 17.8 Å². The lowest BCUT2D eigenvalue weighted by Gasteiger charge is -2.37. The third-order valence-electron chi connectivity index (χ3n) is 24.7. The van der Waals surface area contributed by atoms with E-state index in [1.807, 2.05) is 86.6 Å². The number of hydrogen-bond acceptors (Lipinski definition) is 20. The fourth-order valence-corrected chi connectivity index (χ4v) is 17.8. The van der Waals surface area contributed by atoms with Crippen molar-refractivity contribution in [3.05, 3.63) is 167 Å². The second kappa shape index (κ2) is 42.7. The molecule has 6 aliphatic rings. The summed E-state index contributed by atoms with van der Waals surface area (Å²) in [5, 5.41) is 64.4. The van der Waals surface area contributed by atoms with Crippen LogP contribution in [-0.4, -0.2) is 267 Å². The van der Waals surface area contributed by atoms with Gasteiger partial charge in [0.2, 0.25) is 59.1 Å². The van der Waals surface area contributed by atoms with E-state index >= 15 is 0 Å². The highest BCUT2D eigenvalue weighted by Crippen LogP contribution is 2.35. The van der Waals surface area contributed by atoms with Crippen molar-refractivity contribution in [3.63, 3.8) is 0 Å². The van der Waals surface area contributed by atoms with Gasteiger partial charge in [0.05, 0.1) is 25.0 Å². The number of anilines is 2. The number of benzene rings is 6. The van der Waals surface area contributed by atoms with Crippen molar-refractivity contribution in [2.45, 2.75) is 193 Å². The second-order valence-electron chi connectivity index (χ2n) is 35.1. The van der Waals surface area contributed by atoms with E-state index in [0.717, 1.165) is 16.9 Å². The maximum atomic E-state index is 14.9. The van der Waals surface area contributed by atoms with E-state index in [-0.39, 0.29) is 86.6 Å². The highest BCUT2D eigenvalue weighted by molar-refractivity contribution is 6.08. The SMILES string of the molecule is CC(C)C[C@@H]1CC(=O)c2ccc(-c3ccc(N4CCN(C(=O)c5ccccc5-c5ccccc5C(=O)N5CCN(c6ccc(-c7ccc8cc7CNC(=O)[C@@H]7CCCN7C(=O)[C@H](C)NC(=O)[C@H]([C@@H](C)O)NC(=O)[C@H](CC(=O)O)NC(=O)[C@H](CC(C)C)NC8=O)cc6)CC5)CC4)cc3)c(c2)CNC(=O)[C@@H]2CCCN2C(=O)[C@H](C)NC(=O)[C@H]([C@@H](C)O)NC(=O)[C@H](CC(=O)O)NC1=O. The maximum Gasteiger partial charge on any atom is 0.305 e. The Kier molecular flexibility index (Phi) is 31.4. The lowest BCUT2D eigenvalue weighted by Crippen LogP contribution is -2.61. The standard InChI is InChI=1S/C95H115N15O20/c1-52(2)43-62-47-78(113)60-25-31-67(63(45-60)50-96-88(123)76-19-13-33-109(76)92(127)54(5)98-90(125)81(56(7)111)103-86(121)74(48-79(114)115)101-84(62)119)58-21-27-65(28-22-58)105-35-39-107(40-36-105)94(129)71-17-11-9-15-69(71)70-16-10-12-18-72(70)95(130)108-41-37-106(38-42-108)66-29-23-59(24-30-66)68-32-26-61-46-64(68)51-97-89(124)77-20-14-34-110(77)93(128)55(6)99-91(126)82(57(8)112)104-87(122)75(49-80(116)117)102-85(120)73(44-53(3)4)100-83(61)118/h9-12,15-18,21-32,45-46,52-57,62,73-77,81-82,111-112H,13-14,19-20,33-44,47-51H2,1-8H3,(H,96,123)(H,97,124)(H,98,125)(H,99,126)(H,100,118)(H,101,119)(H,102,120)(H,103,121)(H,104,122)(H,114,115)(H,116,117)/t54-,55-,56+,57+,62+,73-,74-,75-,76-,77-,81-,82-/m0/s1. The second-order valence-corrected chi connectivity index (χ2v) is 35.1. The van der Waals surface area contributed by atoms with Crippen molar-refractivity contribution in [3.8, 4) is 33.4 Å². The lowest BCUT2D eigenvalue weighted by molar-refractivity contribution is -0.143. The third-order valence-corrected chi connectivity index (χ3v) is 24.7. The quantitative estimate of drug-likeness (QED) is 0.0616. The van der Waals surface area contributed by atoms with Gasteiger partial charge < -0.3 is 97.7 Å². The summed E-state index contributed by atoms with van der Waals surface area (Å²) in [6.07, 6.45) is -3.60. The normalized spacial score (nSPS) is 23.5. The molecule has 0 radical (unpaired) electrons. The topological polar surface area (TPSA) is 482 Å². The molecule has 6 aromatic carbocycles. The Bertz CT molecular complexity index is 4970. The number of carbonyl (C=O) groups excluding carboxylic acids is 14. The first-order chi connectivity index (χ1) is 62.0. The first-order valence-corrected chi connectivity index (χ1v) is 44.4. The van der Waals surface area contributed by atoms with Crippen LogP contribution in [-0.2, 0) is 70.6 Å². The molecule has 0 spiro atoms. The molecule has 12 atom stereocenters. The predicted molar refractivity (Wildman–Crippen MR) is 478 cm³/mol. The van der Waals surface area contributed by atoms with Crippen LogP contribution in [0.5, 0.6) is 0 Å². The number of fused-ring (bicyclic) bond motifs is 6. The van der Waals surface area contributed by atoms with E-state index in [9.17, 15) is 97.1 Å². The smallest absolute Gasteiger partial charge is 0.305 e. The van der Waals surface area contributed by atoms with Crippen molar-refractivity contribution in [1.29, 1.82) is 0 Å². The average Bonchev–Trinajstić information content (AvgIpc) is 0.868. The van der Waals surface area contributed by atoms with Crippen LogP contribution in [0.2, 0.25) is 0 Å². The number of Topliss-reactive ketones (excluding diaryl/α,β-unsaturated/α-hetero) is 1. The summed E-state index contributed by atoms with van der Waals surface area (Å²) in [4.78, 5) is 233. The molecule has 6 aliphatic heterocycles. The van der Waals surface area contributed by atoms with Crippen molar-refractivity contribution >= 4 is 106 Å². The number of ketones is 1. The maximum absolute atomic E-state index is 14.9. The van der Waals surface area contributed by atoms with E-state index in [4.69, 9.17) is 0 Å². The van der Waals surface area contributed by atoms with Gasteiger partial charge >= 0.3 is 11.9 Å². The number of nitrogens with zero attached hydrogens (tertiary/aromatic N) is 6. The minimum absolute atomic E-state index is 0.0492. The van der Waals surface area contributed by atoms with Gasteiger partial charge in [-0.3, -0.25) is 76.7 Å². The van der Waals surface area contributed by atoms with Crippen molar-refractivity contribution in [2.75, 3.05) is 75.2 Å². The number of amides is 13. The highest BCUT2D eigenvalue weighted by atomic mass is 16.4. The summed E-state index contributed by atoms with van der Waals surface area (Å²) in [7, 11) is 0. The summed E-state index contributed by atoms with van der Waals surface area (Å²) in [5.41, 5.74) is 7.76. The molecule has 0 aromatic heterocycles. The Morgan fingerprint density at radius 1 is 0.392 bits per heavy atom. The number of aliphatic carboxylic acids is 2. The monoisotopic (exact) mass is 1790 g/mol. The lowest BCUT2D eigenvalue weighted by atomic mass is 9.88. The molecule has 4 fully saturated rings. The van der Waals surface area contributed by atoms with Gasteiger partial charge in [-0.1, -0.05) is 107 Å². The summed E-state index contributed by atoms with van der Waals surface area (Å²) in [6, 6.07) is 27.1. The first-order valence-electron chi connectivity index (χ1n) is 44.4. The molecular weight excluding hydrogens is 1670 g/mol. The van der Waals surface area contributed by atoms with Crippen LogP contribution in [0.4, 0.5) is 11.4 Å². The zero-order valence-electron chi connectivity index (χ0n) is 74.1. The molecule has 6 aromatic rings. The number of piperazine rings is 2. The van der Waals surface area contributed by atoms with Gasteiger partial charge in [0.15, 0.2) is 5.78 Å². The van der Waals surface area contributed by atoms with Crippen molar-refractivity contribution in [1.82, 2.24) is 67.5 Å². The average molecular weight is 1790 g/mol. The summed E-state index contributed by atoms with van der Waals surface area (Å²) >= 11 is 0. The molecule has 690 valence electrons. The van der Waals surface area contributed by atoms with E-state index in [1.165, 1.54) is 37.5 Å². The van der Waals surface area contributed by atoms with Gasteiger partial charge in [0.25, 0.3) is 17.7 Å². The number of carboxylic acid groups (broad SMARTS) is 2. The Hall–Kier alpha value is -13.4. The number of rotatable bonds is 17. The van der Waals surface area contributed by atoms with E-state index in [0.29, 0.717) is 122 Å². The fourth-order valence-electron chi connectivity index (χ4n) is 17.8. The zero-order valence-corrected chi connectivity index (χ0v) is 74.1. The Labute approximate surface area is 752 Å². The zero-order chi connectivity index (χ0) is 93.6. The largest absolute Gasteiger partial charge is 0.481 e. The number of hydrogen-bond donors (Lipinski definition) is 13. The van der Waals surface area contributed by atoms with Gasteiger partial charge in [-0.05, 0) is 177 Å². The molecule has 6 heterocycles. The minimum Gasteiger partial charge on any atom is -0.481 e. The molecule has 13 N–H and O–H groups in total. The number of carbonyl (C=O) groups is 16. The molecule has 4 saturated heterocycles. The predicted octanol–water partition coefficient (Wildman–Crippen LogP) is 3.89.